The minimum atomic E-state index is -0.398. The second-order valence-corrected chi connectivity index (χ2v) is 5.14. The van der Waals surface area contributed by atoms with Crippen molar-refractivity contribution in [3.63, 3.8) is 0 Å². The zero-order valence-corrected chi connectivity index (χ0v) is 12.2. The van der Waals surface area contributed by atoms with Crippen molar-refractivity contribution in [2.45, 2.75) is 25.8 Å². The number of likely N-dealkylation sites (tertiary alicyclic amines) is 1. The number of hydrogen-bond donors (Lipinski definition) is 2. The van der Waals surface area contributed by atoms with Gasteiger partial charge in [0.25, 0.3) is 0 Å². The molecule has 1 fully saturated rings. The van der Waals surface area contributed by atoms with Crippen LogP contribution >= 0.6 is 0 Å². The van der Waals surface area contributed by atoms with E-state index in [1.165, 1.54) is 13.5 Å². The van der Waals surface area contributed by atoms with Gasteiger partial charge in [0.1, 0.15) is 0 Å². The fourth-order valence-corrected chi connectivity index (χ4v) is 2.66. The summed E-state index contributed by atoms with van der Waals surface area (Å²) in [5, 5.41) is 3.46. The first kappa shape index (κ1) is 14.7. The molecule has 0 aliphatic carbocycles. The molecule has 0 saturated carbocycles. The minimum absolute atomic E-state index is 0.374. The first-order chi connectivity index (χ1) is 9.65. The number of hydrogen-bond acceptors (Lipinski definition) is 5. The third-order valence-corrected chi connectivity index (χ3v) is 3.82. The van der Waals surface area contributed by atoms with Gasteiger partial charge in [-0.3, -0.25) is 0 Å². The van der Waals surface area contributed by atoms with Crippen molar-refractivity contribution in [1.29, 1.82) is 0 Å². The summed E-state index contributed by atoms with van der Waals surface area (Å²) in [6.45, 7) is 5.41. The van der Waals surface area contributed by atoms with E-state index in [2.05, 4.69) is 17.1 Å². The van der Waals surface area contributed by atoms with E-state index in [1.54, 1.807) is 6.07 Å². The van der Waals surface area contributed by atoms with Gasteiger partial charge < -0.3 is 20.7 Å². The average Bonchev–Trinajstić information content (AvgIpc) is 2.49. The summed E-state index contributed by atoms with van der Waals surface area (Å²) >= 11 is 0. The van der Waals surface area contributed by atoms with E-state index < -0.39 is 5.97 Å². The first-order valence-corrected chi connectivity index (χ1v) is 7.11. The third-order valence-electron chi connectivity index (χ3n) is 3.82. The molecule has 1 saturated heterocycles. The van der Waals surface area contributed by atoms with Crippen molar-refractivity contribution in [2.24, 2.45) is 0 Å². The molecule has 0 aromatic heterocycles. The molecular weight excluding hydrogens is 254 g/mol. The van der Waals surface area contributed by atoms with Crippen LogP contribution in [0.2, 0.25) is 0 Å². The van der Waals surface area contributed by atoms with Crippen molar-refractivity contribution in [2.75, 3.05) is 37.8 Å². The van der Waals surface area contributed by atoms with Crippen LogP contribution in [-0.4, -0.2) is 43.7 Å². The van der Waals surface area contributed by atoms with Crippen molar-refractivity contribution in [1.82, 2.24) is 4.90 Å². The fourth-order valence-electron chi connectivity index (χ4n) is 2.66. The molecule has 2 rings (SSSR count). The Bertz CT molecular complexity index is 476. The van der Waals surface area contributed by atoms with E-state index in [0.29, 0.717) is 17.3 Å². The van der Waals surface area contributed by atoms with Gasteiger partial charge in [0.15, 0.2) is 0 Å². The number of likely N-dealkylation sites (N-methyl/N-ethyl adjacent to an activating group) is 1. The number of nitrogens with zero attached hydrogens (tertiary/aromatic N) is 1. The van der Waals surface area contributed by atoms with Crippen LogP contribution in [-0.2, 0) is 4.74 Å². The number of nitrogens with two attached hydrogens (primary N) is 1. The average molecular weight is 277 g/mol. The zero-order valence-electron chi connectivity index (χ0n) is 12.2. The number of carbonyl (C=O) groups excluding carboxylic acids is 1. The Hall–Kier alpha value is -1.75. The SMILES string of the molecule is CCN1CCCC(Nc2cccc(C(=O)OC)c2N)C1. The third kappa shape index (κ3) is 3.22. The molecule has 110 valence electrons. The Morgan fingerprint density at radius 3 is 3.05 bits per heavy atom. The monoisotopic (exact) mass is 277 g/mol. The van der Waals surface area contributed by atoms with E-state index in [0.717, 1.165) is 31.7 Å². The summed E-state index contributed by atoms with van der Waals surface area (Å²) in [7, 11) is 1.36. The number of anilines is 2. The molecule has 1 aromatic rings. The number of para-hydroxylation sites is 1. The highest BCUT2D eigenvalue weighted by atomic mass is 16.5. The van der Waals surface area contributed by atoms with Crippen LogP contribution in [0.3, 0.4) is 0 Å². The Morgan fingerprint density at radius 2 is 2.35 bits per heavy atom. The molecule has 1 aliphatic heterocycles. The molecule has 1 aromatic carbocycles. The van der Waals surface area contributed by atoms with E-state index in [4.69, 9.17) is 10.5 Å². The van der Waals surface area contributed by atoms with Gasteiger partial charge >= 0.3 is 5.97 Å². The van der Waals surface area contributed by atoms with Gasteiger partial charge in [-0.15, -0.1) is 0 Å². The molecule has 3 N–H and O–H groups in total. The summed E-state index contributed by atoms with van der Waals surface area (Å²) in [6, 6.07) is 5.79. The number of methoxy groups -OCH3 is 1. The van der Waals surface area contributed by atoms with Gasteiger partial charge in [0.05, 0.1) is 24.0 Å². The molecule has 0 bridgehead atoms. The van der Waals surface area contributed by atoms with Crippen molar-refractivity contribution < 1.29 is 9.53 Å². The van der Waals surface area contributed by atoms with Crippen LogP contribution in [0.15, 0.2) is 18.2 Å². The van der Waals surface area contributed by atoms with Gasteiger partial charge in [-0.2, -0.15) is 0 Å². The normalized spacial score (nSPS) is 19.6. The number of nitrogens with one attached hydrogen (secondary N) is 1. The summed E-state index contributed by atoms with van der Waals surface area (Å²) < 4.78 is 4.74. The smallest absolute Gasteiger partial charge is 0.340 e. The standard InChI is InChI=1S/C15H23N3O2/c1-3-18-9-5-6-11(10-18)17-13-8-4-7-12(14(13)16)15(19)20-2/h4,7-8,11,17H,3,5-6,9-10,16H2,1-2H3. The Kier molecular flexibility index (Phi) is 4.84. The van der Waals surface area contributed by atoms with Crippen molar-refractivity contribution in [3.8, 4) is 0 Å². The molecule has 1 heterocycles. The largest absolute Gasteiger partial charge is 0.465 e. The van der Waals surface area contributed by atoms with E-state index in [9.17, 15) is 4.79 Å². The highest BCUT2D eigenvalue weighted by Crippen LogP contribution is 2.25. The lowest BCUT2D eigenvalue weighted by molar-refractivity contribution is 0.0602. The number of benzene rings is 1. The number of ether oxygens (including phenoxy) is 1. The maximum absolute atomic E-state index is 11.6. The number of rotatable bonds is 4. The molecule has 0 spiro atoms. The van der Waals surface area contributed by atoms with Crippen LogP contribution in [0, 0.1) is 0 Å². The molecule has 20 heavy (non-hydrogen) atoms. The second-order valence-electron chi connectivity index (χ2n) is 5.14. The number of piperidine rings is 1. The predicted molar refractivity (Wildman–Crippen MR) is 81.0 cm³/mol. The van der Waals surface area contributed by atoms with Crippen LogP contribution in [0.25, 0.3) is 0 Å². The molecule has 1 aliphatic rings. The van der Waals surface area contributed by atoms with Gasteiger partial charge in [-0.25, -0.2) is 4.79 Å². The highest BCUT2D eigenvalue weighted by molar-refractivity contribution is 5.98. The molecule has 1 unspecified atom stereocenters. The molecule has 5 nitrogen and oxygen atoms in total. The van der Waals surface area contributed by atoms with Gasteiger partial charge in [-0.05, 0) is 38.1 Å². The van der Waals surface area contributed by atoms with Crippen molar-refractivity contribution in [3.05, 3.63) is 23.8 Å². The van der Waals surface area contributed by atoms with Crippen LogP contribution in [0.4, 0.5) is 11.4 Å². The van der Waals surface area contributed by atoms with E-state index >= 15 is 0 Å². The van der Waals surface area contributed by atoms with Crippen LogP contribution in [0.5, 0.6) is 0 Å². The number of esters is 1. The molecular formula is C15H23N3O2. The molecule has 0 radical (unpaired) electrons. The molecule has 5 heteroatoms. The second kappa shape index (κ2) is 6.61. The topological polar surface area (TPSA) is 67.6 Å². The Balaban J connectivity index is 2.11. The molecule has 0 amide bonds. The lowest BCUT2D eigenvalue weighted by Crippen LogP contribution is -2.41. The Labute approximate surface area is 120 Å². The van der Waals surface area contributed by atoms with E-state index in [-0.39, 0.29) is 0 Å². The van der Waals surface area contributed by atoms with Crippen LogP contribution in [0.1, 0.15) is 30.1 Å². The highest BCUT2D eigenvalue weighted by Gasteiger charge is 2.20. The van der Waals surface area contributed by atoms with Gasteiger partial charge in [-0.1, -0.05) is 13.0 Å². The predicted octanol–water partition coefficient (Wildman–Crippen LogP) is 1.95. The summed E-state index contributed by atoms with van der Waals surface area (Å²) in [5.74, 6) is -0.398. The zero-order chi connectivity index (χ0) is 14.5. The number of carbonyl (C=O) groups is 1. The lowest BCUT2D eigenvalue weighted by Gasteiger charge is -2.33. The lowest BCUT2D eigenvalue weighted by atomic mass is 10.0. The maximum Gasteiger partial charge on any atom is 0.340 e. The van der Waals surface area contributed by atoms with E-state index in [1.807, 2.05) is 12.1 Å². The summed E-state index contributed by atoms with van der Waals surface area (Å²) in [4.78, 5) is 14.1. The van der Waals surface area contributed by atoms with Crippen LogP contribution < -0.4 is 11.1 Å². The fraction of sp³-hybridized carbons (Fsp3) is 0.533. The summed E-state index contributed by atoms with van der Waals surface area (Å²) in [5.41, 5.74) is 7.77. The quantitative estimate of drug-likeness (QED) is 0.650. The van der Waals surface area contributed by atoms with Gasteiger partial charge in [0.2, 0.25) is 0 Å². The maximum atomic E-state index is 11.6. The first-order valence-electron chi connectivity index (χ1n) is 7.11. The van der Waals surface area contributed by atoms with Gasteiger partial charge in [0, 0.05) is 12.6 Å². The van der Waals surface area contributed by atoms with Crippen molar-refractivity contribution >= 4 is 17.3 Å². The summed E-state index contributed by atoms with van der Waals surface area (Å²) in [6.07, 6.45) is 2.31. The number of nitrogen functional groups attached to an aromatic ring is 1. The molecule has 1 atom stereocenters. The minimum Gasteiger partial charge on any atom is -0.465 e. The Morgan fingerprint density at radius 1 is 1.55 bits per heavy atom.